The standard InChI is InChI=1S/C23H24ClN5O3S/c24-18-4-2-6-20(12-18)29-15-25-27-23(29)33-14-21(31)26-19-5-1-3-17(11-19)22(32)28-9-7-16(13-30)8-10-28/h1-6,11-12,15-16,30H,7-10,13-14H2,(H,26,31). The van der Waals surface area contributed by atoms with Crippen LogP contribution in [0.5, 0.6) is 0 Å². The lowest BCUT2D eigenvalue weighted by molar-refractivity contribution is -0.113. The Labute approximate surface area is 201 Å². The van der Waals surface area contributed by atoms with Gasteiger partial charge in [0.1, 0.15) is 6.33 Å². The molecule has 0 spiro atoms. The predicted octanol–water partition coefficient (Wildman–Crippen LogP) is 3.50. The van der Waals surface area contributed by atoms with Gasteiger partial charge in [0, 0.05) is 36.0 Å². The Balaban J connectivity index is 1.35. The van der Waals surface area contributed by atoms with Gasteiger partial charge in [-0.05, 0) is 55.2 Å². The number of aromatic nitrogens is 3. The van der Waals surface area contributed by atoms with Crippen LogP contribution in [-0.4, -0.2) is 62.0 Å². The number of carbonyl (C=O) groups is 2. The number of anilines is 1. The van der Waals surface area contributed by atoms with Crippen molar-refractivity contribution < 1.29 is 14.7 Å². The molecule has 0 saturated carbocycles. The molecule has 172 valence electrons. The average Bonchev–Trinajstić information content (AvgIpc) is 3.31. The van der Waals surface area contributed by atoms with Crippen LogP contribution in [0.3, 0.4) is 0 Å². The summed E-state index contributed by atoms with van der Waals surface area (Å²) in [5, 5.41) is 21.3. The highest BCUT2D eigenvalue weighted by Gasteiger charge is 2.23. The summed E-state index contributed by atoms with van der Waals surface area (Å²) in [5.74, 6) is 0.119. The van der Waals surface area contributed by atoms with Crippen molar-refractivity contribution in [3.05, 3.63) is 65.4 Å². The second-order valence-corrected chi connectivity index (χ2v) is 9.18. The summed E-state index contributed by atoms with van der Waals surface area (Å²) >= 11 is 7.32. The topological polar surface area (TPSA) is 100 Å². The Kier molecular flexibility index (Phi) is 7.64. The molecule has 0 atom stereocenters. The van der Waals surface area contributed by atoms with Crippen LogP contribution in [0.25, 0.3) is 5.69 Å². The molecule has 2 heterocycles. The molecule has 3 aromatic rings. The molecule has 0 radical (unpaired) electrons. The van der Waals surface area contributed by atoms with Crippen molar-refractivity contribution in [1.29, 1.82) is 0 Å². The molecule has 0 unspecified atom stereocenters. The van der Waals surface area contributed by atoms with Crippen molar-refractivity contribution in [3.63, 3.8) is 0 Å². The molecule has 33 heavy (non-hydrogen) atoms. The highest BCUT2D eigenvalue weighted by molar-refractivity contribution is 7.99. The van der Waals surface area contributed by atoms with E-state index in [2.05, 4.69) is 15.5 Å². The average molecular weight is 486 g/mol. The fourth-order valence-corrected chi connectivity index (χ4v) is 4.60. The number of thioether (sulfide) groups is 1. The predicted molar refractivity (Wildman–Crippen MR) is 128 cm³/mol. The summed E-state index contributed by atoms with van der Waals surface area (Å²) < 4.78 is 1.77. The minimum absolute atomic E-state index is 0.0634. The lowest BCUT2D eigenvalue weighted by atomic mass is 9.97. The van der Waals surface area contributed by atoms with Gasteiger partial charge in [0.15, 0.2) is 5.16 Å². The Morgan fingerprint density at radius 1 is 1.15 bits per heavy atom. The van der Waals surface area contributed by atoms with Crippen LogP contribution in [0.15, 0.2) is 60.0 Å². The molecule has 1 saturated heterocycles. The largest absolute Gasteiger partial charge is 0.396 e. The third-order valence-electron chi connectivity index (χ3n) is 5.49. The maximum Gasteiger partial charge on any atom is 0.253 e. The van der Waals surface area contributed by atoms with Crippen molar-refractivity contribution >= 4 is 40.9 Å². The van der Waals surface area contributed by atoms with Crippen molar-refractivity contribution in [1.82, 2.24) is 19.7 Å². The maximum absolute atomic E-state index is 12.8. The zero-order valence-corrected chi connectivity index (χ0v) is 19.4. The molecule has 0 bridgehead atoms. The monoisotopic (exact) mass is 485 g/mol. The van der Waals surface area contributed by atoms with E-state index in [4.69, 9.17) is 11.6 Å². The second-order valence-electron chi connectivity index (χ2n) is 7.80. The van der Waals surface area contributed by atoms with Crippen LogP contribution >= 0.6 is 23.4 Å². The molecule has 1 aromatic heterocycles. The van der Waals surface area contributed by atoms with Gasteiger partial charge in [0.05, 0.1) is 11.4 Å². The first-order chi connectivity index (χ1) is 16.0. The molecule has 8 nitrogen and oxygen atoms in total. The number of nitrogens with zero attached hydrogens (tertiary/aromatic N) is 4. The number of hydrogen-bond acceptors (Lipinski definition) is 6. The first-order valence-electron chi connectivity index (χ1n) is 10.6. The van der Waals surface area contributed by atoms with E-state index >= 15 is 0 Å². The quantitative estimate of drug-likeness (QED) is 0.497. The Morgan fingerprint density at radius 2 is 1.94 bits per heavy atom. The third-order valence-corrected chi connectivity index (χ3v) is 6.67. The van der Waals surface area contributed by atoms with E-state index in [0.29, 0.717) is 34.5 Å². The number of nitrogens with one attached hydrogen (secondary N) is 1. The molecule has 10 heteroatoms. The third kappa shape index (κ3) is 5.93. The lowest BCUT2D eigenvalue weighted by Crippen LogP contribution is -2.39. The summed E-state index contributed by atoms with van der Waals surface area (Å²) in [6, 6.07) is 14.2. The first kappa shape index (κ1) is 23.3. The van der Waals surface area contributed by atoms with Crippen molar-refractivity contribution in [2.75, 3.05) is 30.8 Å². The number of aliphatic hydroxyl groups excluding tert-OH is 1. The van der Waals surface area contributed by atoms with Crippen molar-refractivity contribution in [2.45, 2.75) is 18.0 Å². The van der Waals surface area contributed by atoms with Crippen LogP contribution < -0.4 is 5.32 Å². The molecule has 2 aromatic carbocycles. The van der Waals surface area contributed by atoms with Gasteiger partial charge in [-0.25, -0.2) is 0 Å². The van der Waals surface area contributed by atoms with E-state index in [9.17, 15) is 14.7 Å². The Hall–Kier alpha value is -2.88. The first-order valence-corrected chi connectivity index (χ1v) is 12.0. The van der Waals surface area contributed by atoms with Gasteiger partial charge >= 0.3 is 0 Å². The lowest BCUT2D eigenvalue weighted by Gasteiger charge is -2.31. The number of likely N-dealkylation sites (tertiary alicyclic amines) is 1. The van der Waals surface area contributed by atoms with E-state index in [1.54, 1.807) is 52.2 Å². The molecular weight excluding hydrogens is 462 g/mol. The smallest absolute Gasteiger partial charge is 0.253 e. The number of amides is 2. The van der Waals surface area contributed by atoms with Gasteiger partial charge in [-0.2, -0.15) is 0 Å². The van der Waals surface area contributed by atoms with E-state index in [0.717, 1.165) is 18.5 Å². The number of rotatable bonds is 7. The molecular formula is C23H24ClN5O3S. The SMILES string of the molecule is O=C(CSc1nncn1-c1cccc(Cl)c1)Nc1cccc(C(=O)N2CCC(CO)CC2)c1. The summed E-state index contributed by atoms with van der Waals surface area (Å²) in [5.41, 5.74) is 1.90. The minimum Gasteiger partial charge on any atom is -0.396 e. The summed E-state index contributed by atoms with van der Waals surface area (Å²) in [4.78, 5) is 27.2. The van der Waals surface area contributed by atoms with Gasteiger partial charge in [0.25, 0.3) is 5.91 Å². The van der Waals surface area contributed by atoms with Crippen LogP contribution in [0.2, 0.25) is 5.02 Å². The highest BCUT2D eigenvalue weighted by atomic mass is 35.5. The molecule has 1 aliphatic heterocycles. The number of hydrogen-bond donors (Lipinski definition) is 2. The van der Waals surface area contributed by atoms with Gasteiger partial charge in [0.2, 0.25) is 5.91 Å². The Morgan fingerprint density at radius 3 is 2.70 bits per heavy atom. The summed E-state index contributed by atoms with van der Waals surface area (Å²) in [6.45, 7) is 1.42. The summed E-state index contributed by atoms with van der Waals surface area (Å²) in [6.07, 6.45) is 3.18. The Bertz CT molecular complexity index is 1130. The van der Waals surface area contributed by atoms with Gasteiger partial charge in [-0.1, -0.05) is 35.5 Å². The number of halogens is 1. The molecule has 4 rings (SSSR count). The highest BCUT2D eigenvalue weighted by Crippen LogP contribution is 2.23. The van der Waals surface area contributed by atoms with E-state index < -0.39 is 0 Å². The van der Waals surface area contributed by atoms with Crippen molar-refractivity contribution in [2.24, 2.45) is 5.92 Å². The second kappa shape index (κ2) is 10.8. The summed E-state index contributed by atoms with van der Waals surface area (Å²) in [7, 11) is 0. The number of benzene rings is 2. The normalized spacial score (nSPS) is 14.3. The molecule has 2 N–H and O–H groups in total. The zero-order valence-electron chi connectivity index (χ0n) is 17.9. The van der Waals surface area contributed by atoms with E-state index in [1.165, 1.54) is 11.8 Å². The van der Waals surface area contributed by atoms with Gasteiger partial charge < -0.3 is 15.3 Å². The molecule has 0 aliphatic carbocycles. The maximum atomic E-state index is 12.8. The minimum atomic E-state index is -0.214. The zero-order chi connectivity index (χ0) is 23.2. The molecule has 1 fully saturated rings. The fraction of sp³-hybridized carbons (Fsp3) is 0.304. The van der Waals surface area contributed by atoms with Crippen LogP contribution in [-0.2, 0) is 4.79 Å². The van der Waals surface area contributed by atoms with Gasteiger partial charge in [-0.15, -0.1) is 10.2 Å². The van der Waals surface area contributed by atoms with E-state index in [1.807, 2.05) is 12.1 Å². The number of piperidine rings is 1. The number of carbonyl (C=O) groups excluding carboxylic acids is 2. The number of aliphatic hydroxyl groups is 1. The van der Waals surface area contributed by atoms with Crippen LogP contribution in [0.4, 0.5) is 5.69 Å². The van der Waals surface area contributed by atoms with Crippen LogP contribution in [0, 0.1) is 5.92 Å². The van der Waals surface area contributed by atoms with E-state index in [-0.39, 0.29) is 30.1 Å². The molecule has 1 aliphatic rings. The van der Waals surface area contributed by atoms with Gasteiger partial charge in [-0.3, -0.25) is 14.2 Å². The molecule has 2 amide bonds. The fourth-order valence-electron chi connectivity index (χ4n) is 3.68. The van der Waals surface area contributed by atoms with Crippen molar-refractivity contribution in [3.8, 4) is 5.69 Å². The van der Waals surface area contributed by atoms with Crippen LogP contribution in [0.1, 0.15) is 23.2 Å².